The van der Waals surface area contributed by atoms with Crippen LogP contribution in [-0.2, 0) is 16.6 Å². The molecule has 0 unspecified atom stereocenters. The van der Waals surface area contributed by atoms with Crippen molar-refractivity contribution in [3.8, 4) is 0 Å². The number of sulfonamides is 1. The van der Waals surface area contributed by atoms with Crippen LogP contribution in [0, 0.1) is 0 Å². The second kappa shape index (κ2) is 9.69. The van der Waals surface area contributed by atoms with Crippen molar-refractivity contribution in [3.63, 3.8) is 0 Å². The Morgan fingerprint density at radius 1 is 1.00 bits per heavy atom. The van der Waals surface area contributed by atoms with E-state index in [0.717, 1.165) is 38.0 Å². The molecule has 1 aliphatic heterocycles. The van der Waals surface area contributed by atoms with Crippen LogP contribution >= 0.6 is 12.4 Å². The average molecular weight is 409 g/mol. The SMILES string of the molecule is CC(C)c1ccc(S(=O)(=O)NC2CCN(Cc3ccccc3)CC2)cc1.Cl. The summed E-state index contributed by atoms with van der Waals surface area (Å²) in [7, 11) is -3.45. The molecule has 27 heavy (non-hydrogen) atoms. The molecule has 0 spiro atoms. The molecule has 1 heterocycles. The Kier molecular flexibility index (Phi) is 7.86. The molecule has 1 saturated heterocycles. The third kappa shape index (κ3) is 6.04. The smallest absolute Gasteiger partial charge is 0.240 e. The number of piperidine rings is 1. The molecular formula is C21H29ClN2O2S. The Balaban J connectivity index is 0.00000261. The molecule has 0 radical (unpaired) electrons. The molecule has 2 aromatic carbocycles. The zero-order valence-electron chi connectivity index (χ0n) is 16.0. The molecule has 148 valence electrons. The first-order valence-corrected chi connectivity index (χ1v) is 10.8. The highest BCUT2D eigenvalue weighted by Crippen LogP contribution is 2.19. The molecule has 1 aliphatic rings. The monoisotopic (exact) mass is 408 g/mol. The summed E-state index contributed by atoms with van der Waals surface area (Å²) in [5.41, 5.74) is 2.45. The van der Waals surface area contributed by atoms with Crippen LogP contribution in [0.4, 0.5) is 0 Å². The highest BCUT2D eigenvalue weighted by molar-refractivity contribution is 7.89. The van der Waals surface area contributed by atoms with Crippen LogP contribution in [0.5, 0.6) is 0 Å². The van der Waals surface area contributed by atoms with E-state index in [1.54, 1.807) is 12.1 Å². The van der Waals surface area contributed by atoms with Crippen molar-refractivity contribution in [2.24, 2.45) is 0 Å². The van der Waals surface area contributed by atoms with Gasteiger partial charge in [-0.15, -0.1) is 12.4 Å². The Bertz CT molecular complexity index is 800. The van der Waals surface area contributed by atoms with Gasteiger partial charge in [-0.25, -0.2) is 13.1 Å². The maximum atomic E-state index is 12.6. The number of likely N-dealkylation sites (tertiary alicyclic amines) is 1. The fourth-order valence-corrected chi connectivity index (χ4v) is 4.67. The number of nitrogens with zero attached hydrogens (tertiary/aromatic N) is 1. The van der Waals surface area contributed by atoms with Crippen LogP contribution < -0.4 is 4.72 Å². The Morgan fingerprint density at radius 3 is 2.15 bits per heavy atom. The van der Waals surface area contributed by atoms with Crippen molar-refractivity contribution in [1.82, 2.24) is 9.62 Å². The van der Waals surface area contributed by atoms with Gasteiger partial charge in [-0.1, -0.05) is 56.3 Å². The molecule has 4 nitrogen and oxygen atoms in total. The Hall–Kier alpha value is -1.40. The van der Waals surface area contributed by atoms with Gasteiger partial charge in [0.15, 0.2) is 0 Å². The number of rotatable bonds is 6. The van der Waals surface area contributed by atoms with E-state index >= 15 is 0 Å². The molecule has 0 aromatic heterocycles. The first kappa shape index (κ1) is 21.9. The third-order valence-corrected chi connectivity index (χ3v) is 6.55. The minimum atomic E-state index is -3.45. The van der Waals surface area contributed by atoms with Gasteiger partial charge in [0.25, 0.3) is 0 Å². The van der Waals surface area contributed by atoms with E-state index in [-0.39, 0.29) is 18.4 Å². The van der Waals surface area contributed by atoms with Crippen molar-refractivity contribution >= 4 is 22.4 Å². The summed E-state index contributed by atoms with van der Waals surface area (Å²) >= 11 is 0. The van der Waals surface area contributed by atoms with Gasteiger partial charge in [0.05, 0.1) is 4.90 Å². The summed E-state index contributed by atoms with van der Waals surface area (Å²) in [5, 5.41) is 0. The van der Waals surface area contributed by atoms with Gasteiger partial charge in [-0.05, 0) is 42.0 Å². The van der Waals surface area contributed by atoms with E-state index in [0.29, 0.717) is 10.8 Å². The quantitative estimate of drug-likeness (QED) is 0.780. The molecule has 2 aromatic rings. The molecule has 6 heteroatoms. The van der Waals surface area contributed by atoms with E-state index in [1.165, 1.54) is 5.56 Å². The summed E-state index contributed by atoms with van der Waals surface area (Å²) in [4.78, 5) is 2.74. The molecule has 0 aliphatic carbocycles. The van der Waals surface area contributed by atoms with Crippen LogP contribution in [0.2, 0.25) is 0 Å². The topological polar surface area (TPSA) is 49.4 Å². The van der Waals surface area contributed by atoms with E-state index < -0.39 is 10.0 Å². The zero-order chi connectivity index (χ0) is 18.6. The number of hydrogen-bond acceptors (Lipinski definition) is 3. The molecule has 0 saturated carbocycles. The summed E-state index contributed by atoms with van der Waals surface area (Å²) < 4.78 is 28.1. The molecular weight excluding hydrogens is 380 g/mol. The Morgan fingerprint density at radius 2 is 1.59 bits per heavy atom. The largest absolute Gasteiger partial charge is 0.299 e. The fraction of sp³-hybridized carbons (Fsp3) is 0.429. The van der Waals surface area contributed by atoms with Gasteiger partial charge >= 0.3 is 0 Å². The molecule has 1 N–H and O–H groups in total. The zero-order valence-corrected chi connectivity index (χ0v) is 17.6. The molecule has 0 amide bonds. The van der Waals surface area contributed by atoms with E-state index in [9.17, 15) is 8.42 Å². The molecule has 1 fully saturated rings. The average Bonchev–Trinajstić information content (AvgIpc) is 2.64. The summed E-state index contributed by atoms with van der Waals surface area (Å²) in [6.45, 7) is 6.95. The molecule has 0 atom stereocenters. The lowest BCUT2D eigenvalue weighted by atomic mass is 10.0. The number of hydrogen-bond donors (Lipinski definition) is 1. The van der Waals surface area contributed by atoms with Crippen molar-refractivity contribution in [2.45, 2.75) is 50.1 Å². The van der Waals surface area contributed by atoms with Gasteiger partial charge < -0.3 is 0 Å². The summed E-state index contributed by atoms with van der Waals surface area (Å²) in [5.74, 6) is 0.397. The standard InChI is InChI=1S/C21H28N2O2S.ClH/c1-17(2)19-8-10-21(11-9-19)26(24,25)22-20-12-14-23(15-13-20)16-18-6-4-3-5-7-18;/h3-11,17,20,22H,12-16H2,1-2H3;1H. The second-order valence-corrected chi connectivity index (χ2v) is 9.10. The van der Waals surface area contributed by atoms with E-state index in [2.05, 4.69) is 47.7 Å². The van der Waals surface area contributed by atoms with Gasteiger partial charge in [-0.2, -0.15) is 0 Å². The van der Waals surface area contributed by atoms with E-state index in [4.69, 9.17) is 0 Å². The predicted octanol–water partition coefficient (Wildman–Crippen LogP) is 4.17. The fourth-order valence-electron chi connectivity index (χ4n) is 3.37. The second-order valence-electron chi connectivity index (χ2n) is 7.38. The van der Waals surface area contributed by atoms with Crippen molar-refractivity contribution < 1.29 is 8.42 Å². The Labute approximate surface area is 169 Å². The number of benzene rings is 2. The number of nitrogens with one attached hydrogen (secondary N) is 1. The van der Waals surface area contributed by atoms with Crippen molar-refractivity contribution in [1.29, 1.82) is 0 Å². The van der Waals surface area contributed by atoms with E-state index in [1.807, 2.05) is 18.2 Å². The predicted molar refractivity (Wildman–Crippen MR) is 113 cm³/mol. The van der Waals surface area contributed by atoms with Gasteiger partial charge in [0, 0.05) is 25.7 Å². The highest BCUT2D eigenvalue weighted by atomic mass is 35.5. The van der Waals surface area contributed by atoms with Crippen molar-refractivity contribution in [2.75, 3.05) is 13.1 Å². The van der Waals surface area contributed by atoms with Crippen molar-refractivity contribution in [3.05, 3.63) is 65.7 Å². The highest BCUT2D eigenvalue weighted by Gasteiger charge is 2.24. The van der Waals surface area contributed by atoms with Crippen LogP contribution in [-0.4, -0.2) is 32.4 Å². The minimum absolute atomic E-state index is 0. The van der Waals surface area contributed by atoms with Crippen LogP contribution in [0.1, 0.15) is 43.7 Å². The maximum Gasteiger partial charge on any atom is 0.240 e. The first-order valence-electron chi connectivity index (χ1n) is 9.32. The van der Waals surface area contributed by atoms with Gasteiger partial charge in [-0.3, -0.25) is 4.90 Å². The minimum Gasteiger partial charge on any atom is -0.299 e. The first-order chi connectivity index (χ1) is 12.4. The third-order valence-electron chi connectivity index (χ3n) is 5.02. The van der Waals surface area contributed by atoms with Crippen LogP contribution in [0.15, 0.2) is 59.5 Å². The summed E-state index contributed by atoms with van der Waals surface area (Å²) in [6, 6.07) is 17.6. The molecule has 0 bridgehead atoms. The molecule has 3 rings (SSSR count). The van der Waals surface area contributed by atoms with Gasteiger partial charge in [0.2, 0.25) is 10.0 Å². The lowest BCUT2D eigenvalue weighted by molar-refractivity contribution is 0.200. The lowest BCUT2D eigenvalue weighted by Gasteiger charge is -2.32. The lowest BCUT2D eigenvalue weighted by Crippen LogP contribution is -2.44. The maximum absolute atomic E-state index is 12.6. The normalized spacial score (nSPS) is 16.3. The van der Waals surface area contributed by atoms with Crippen LogP contribution in [0.3, 0.4) is 0 Å². The van der Waals surface area contributed by atoms with Gasteiger partial charge in [0.1, 0.15) is 0 Å². The summed E-state index contributed by atoms with van der Waals surface area (Å²) in [6.07, 6.45) is 1.69. The number of halogens is 1. The van der Waals surface area contributed by atoms with Crippen LogP contribution in [0.25, 0.3) is 0 Å².